The Kier molecular flexibility index (Phi) is 6.65. The van der Waals surface area contributed by atoms with Gasteiger partial charge in [0, 0.05) is 6.07 Å². The van der Waals surface area contributed by atoms with E-state index in [2.05, 4.69) is 5.32 Å². The van der Waals surface area contributed by atoms with Crippen LogP contribution in [0.3, 0.4) is 0 Å². The third-order valence-corrected chi connectivity index (χ3v) is 4.51. The van der Waals surface area contributed by atoms with Crippen LogP contribution in [0.2, 0.25) is 0 Å². The SMILES string of the molecule is O=C(CNC(=O)OCc1ccccc1)Oc1ccc2c(=O)c(Oc3ccccc3)coc2c1. The monoisotopic (exact) mass is 445 g/mol. The fourth-order valence-electron chi connectivity index (χ4n) is 2.93. The molecule has 3 aromatic carbocycles. The van der Waals surface area contributed by atoms with E-state index in [0.717, 1.165) is 5.56 Å². The number of nitrogens with one attached hydrogen (secondary N) is 1. The second-order valence-electron chi connectivity index (χ2n) is 6.89. The van der Waals surface area contributed by atoms with Crippen LogP contribution in [-0.2, 0) is 16.1 Å². The summed E-state index contributed by atoms with van der Waals surface area (Å²) in [6.07, 6.45) is 0.458. The van der Waals surface area contributed by atoms with Crippen molar-refractivity contribution in [3.05, 3.63) is 101 Å². The maximum absolute atomic E-state index is 12.7. The van der Waals surface area contributed by atoms with Gasteiger partial charge in [-0.25, -0.2) is 9.59 Å². The zero-order valence-corrected chi connectivity index (χ0v) is 17.4. The van der Waals surface area contributed by atoms with E-state index in [1.807, 2.05) is 36.4 Å². The van der Waals surface area contributed by atoms with Crippen molar-refractivity contribution in [3.63, 3.8) is 0 Å². The van der Waals surface area contributed by atoms with Crippen LogP contribution in [0, 0.1) is 0 Å². The predicted octanol–water partition coefficient (Wildman–Crippen LogP) is 4.42. The third kappa shape index (κ3) is 5.76. The number of benzene rings is 3. The number of para-hydroxylation sites is 1. The highest BCUT2D eigenvalue weighted by atomic mass is 16.6. The zero-order valence-electron chi connectivity index (χ0n) is 17.4. The van der Waals surface area contributed by atoms with Crippen LogP contribution in [0.1, 0.15) is 5.56 Å². The molecule has 1 aromatic heterocycles. The first-order chi connectivity index (χ1) is 16.1. The van der Waals surface area contributed by atoms with Crippen LogP contribution in [0.5, 0.6) is 17.2 Å². The van der Waals surface area contributed by atoms with E-state index in [9.17, 15) is 14.4 Å². The number of esters is 1. The molecule has 4 rings (SSSR count). The summed E-state index contributed by atoms with van der Waals surface area (Å²) in [6, 6.07) is 22.3. The van der Waals surface area contributed by atoms with Crippen molar-refractivity contribution in [2.45, 2.75) is 6.61 Å². The fourth-order valence-corrected chi connectivity index (χ4v) is 2.93. The first-order valence-corrected chi connectivity index (χ1v) is 10.0. The molecular weight excluding hydrogens is 426 g/mol. The molecule has 33 heavy (non-hydrogen) atoms. The van der Waals surface area contributed by atoms with Gasteiger partial charge in [-0.05, 0) is 29.8 Å². The van der Waals surface area contributed by atoms with E-state index in [-0.39, 0.29) is 41.0 Å². The lowest BCUT2D eigenvalue weighted by molar-refractivity contribution is -0.133. The van der Waals surface area contributed by atoms with Crippen molar-refractivity contribution in [1.29, 1.82) is 0 Å². The molecule has 0 fully saturated rings. The maximum Gasteiger partial charge on any atom is 0.407 e. The van der Waals surface area contributed by atoms with Gasteiger partial charge in [-0.1, -0.05) is 48.5 Å². The van der Waals surface area contributed by atoms with Crippen LogP contribution in [-0.4, -0.2) is 18.6 Å². The summed E-state index contributed by atoms with van der Waals surface area (Å²) in [5, 5.41) is 2.59. The van der Waals surface area contributed by atoms with Gasteiger partial charge in [-0.3, -0.25) is 4.79 Å². The minimum atomic E-state index is -0.744. The van der Waals surface area contributed by atoms with Gasteiger partial charge >= 0.3 is 12.1 Å². The molecule has 0 bridgehead atoms. The van der Waals surface area contributed by atoms with Crippen LogP contribution < -0.4 is 20.2 Å². The van der Waals surface area contributed by atoms with E-state index in [0.29, 0.717) is 5.75 Å². The lowest BCUT2D eigenvalue weighted by atomic mass is 10.2. The highest BCUT2D eigenvalue weighted by Gasteiger charge is 2.13. The number of carbonyl (C=O) groups is 2. The zero-order chi connectivity index (χ0) is 23.0. The lowest BCUT2D eigenvalue weighted by Gasteiger charge is -2.08. The van der Waals surface area contributed by atoms with E-state index < -0.39 is 12.1 Å². The van der Waals surface area contributed by atoms with E-state index in [1.54, 1.807) is 24.3 Å². The lowest BCUT2D eigenvalue weighted by Crippen LogP contribution is -2.32. The summed E-state index contributed by atoms with van der Waals surface area (Å²) < 4.78 is 21.3. The van der Waals surface area contributed by atoms with Crippen LogP contribution in [0.25, 0.3) is 11.0 Å². The second-order valence-corrected chi connectivity index (χ2v) is 6.89. The largest absolute Gasteiger partial charge is 0.460 e. The molecule has 8 heteroatoms. The van der Waals surface area contributed by atoms with Crippen molar-refractivity contribution < 1.29 is 28.2 Å². The number of fused-ring (bicyclic) bond motifs is 1. The van der Waals surface area contributed by atoms with Crippen molar-refractivity contribution >= 4 is 23.0 Å². The Bertz CT molecular complexity index is 1320. The van der Waals surface area contributed by atoms with Gasteiger partial charge in [0.25, 0.3) is 0 Å². The Hall–Kier alpha value is -4.59. The number of ether oxygens (including phenoxy) is 3. The fraction of sp³-hybridized carbons (Fsp3) is 0.0800. The number of carbonyl (C=O) groups excluding carboxylic acids is 2. The van der Waals surface area contributed by atoms with E-state index in [4.69, 9.17) is 18.6 Å². The highest BCUT2D eigenvalue weighted by molar-refractivity contribution is 5.82. The Balaban J connectivity index is 1.33. The van der Waals surface area contributed by atoms with Gasteiger partial charge in [0.2, 0.25) is 11.2 Å². The van der Waals surface area contributed by atoms with Gasteiger partial charge in [-0.2, -0.15) is 0 Å². The second kappa shape index (κ2) is 10.1. The minimum absolute atomic E-state index is 0.0386. The van der Waals surface area contributed by atoms with E-state index in [1.165, 1.54) is 24.5 Å². The van der Waals surface area contributed by atoms with Crippen molar-refractivity contribution in [2.75, 3.05) is 6.54 Å². The third-order valence-electron chi connectivity index (χ3n) is 4.51. The molecule has 0 saturated heterocycles. The van der Waals surface area contributed by atoms with Crippen LogP contribution >= 0.6 is 0 Å². The molecule has 1 heterocycles. The predicted molar refractivity (Wildman–Crippen MR) is 119 cm³/mol. The molecule has 0 radical (unpaired) electrons. The number of alkyl carbamates (subject to hydrolysis) is 1. The summed E-state index contributed by atoms with van der Waals surface area (Å²) >= 11 is 0. The molecule has 0 unspecified atom stereocenters. The number of hydrogen-bond acceptors (Lipinski definition) is 7. The van der Waals surface area contributed by atoms with Crippen molar-refractivity contribution in [1.82, 2.24) is 5.32 Å². The number of rotatable bonds is 7. The van der Waals surface area contributed by atoms with Crippen LogP contribution in [0.15, 0.2) is 94.3 Å². The summed E-state index contributed by atoms with van der Waals surface area (Å²) in [4.78, 5) is 36.4. The summed E-state index contributed by atoms with van der Waals surface area (Å²) in [5.74, 6) is -0.00891. The molecule has 1 amide bonds. The normalized spacial score (nSPS) is 10.4. The smallest absolute Gasteiger partial charge is 0.407 e. The molecule has 0 spiro atoms. The summed E-state index contributed by atoms with van der Waals surface area (Å²) in [6.45, 7) is -0.305. The van der Waals surface area contributed by atoms with Gasteiger partial charge in [0.15, 0.2) is 0 Å². The Morgan fingerprint density at radius 3 is 2.36 bits per heavy atom. The average molecular weight is 445 g/mol. The molecule has 166 valence electrons. The summed E-state index contributed by atoms with van der Waals surface area (Å²) in [5.41, 5.74) is 0.687. The Labute approximate surface area is 188 Å². The molecule has 0 aliphatic heterocycles. The van der Waals surface area contributed by atoms with Gasteiger partial charge < -0.3 is 23.9 Å². The molecule has 0 aliphatic carbocycles. The molecule has 1 N–H and O–H groups in total. The molecule has 0 saturated carbocycles. The summed E-state index contributed by atoms with van der Waals surface area (Å²) in [7, 11) is 0. The maximum atomic E-state index is 12.7. The number of amides is 1. The Morgan fingerprint density at radius 1 is 0.879 bits per heavy atom. The van der Waals surface area contributed by atoms with E-state index >= 15 is 0 Å². The first kappa shape index (κ1) is 21.6. The highest BCUT2D eigenvalue weighted by Crippen LogP contribution is 2.24. The van der Waals surface area contributed by atoms with Crippen molar-refractivity contribution in [3.8, 4) is 17.2 Å². The Morgan fingerprint density at radius 2 is 1.61 bits per heavy atom. The standard InChI is InChI=1S/C25H19NO7/c27-23(14-26-25(29)31-15-17-7-3-1-4-8-17)33-19-11-12-20-21(13-19)30-16-22(24(20)28)32-18-9-5-2-6-10-18/h1-13,16H,14-15H2,(H,26,29). The average Bonchev–Trinajstić information content (AvgIpc) is 2.84. The number of hydrogen-bond donors (Lipinski definition) is 1. The molecule has 8 nitrogen and oxygen atoms in total. The first-order valence-electron chi connectivity index (χ1n) is 10.0. The quantitative estimate of drug-likeness (QED) is 0.332. The molecule has 4 aromatic rings. The van der Waals surface area contributed by atoms with Gasteiger partial charge in [0.1, 0.15) is 36.5 Å². The van der Waals surface area contributed by atoms with Gasteiger partial charge in [0.05, 0.1) is 5.39 Å². The van der Waals surface area contributed by atoms with Crippen LogP contribution in [0.4, 0.5) is 4.79 Å². The molecule has 0 atom stereocenters. The van der Waals surface area contributed by atoms with Gasteiger partial charge in [-0.15, -0.1) is 0 Å². The topological polar surface area (TPSA) is 104 Å². The minimum Gasteiger partial charge on any atom is -0.460 e. The molecule has 0 aliphatic rings. The van der Waals surface area contributed by atoms with Crippen molar-refractivity contribution in [2.24, 2.45) is 0 Å². The molecular formula is C25H19NO7.